The number of pyridine rings is 1. The number of amides is 1. The summed E-state index contributed by atoms with van der Waals surface area (Å²) in [7, 11) is 0. The molecule has 1 aliphatic rings. The van der Waals surface area contributed by atoms with E-state index in [1.54, 1.807) is 4.52 Å². The second kappa shape index (κ2) is 8.43. The quantitative estimate of drug-likeness (QED) is 0.416. The first-order valence-corrected chi connectivity index (χ1v) is 11.6. The number of nitrogens with zero attached hydrogens (tertiary/aromatic N) is 5. The van der Waals surface area contributed by atoms with Gasteiger partial charge in [0.25, 0.3) is 0 Å². The molecule has 0 bridgehead atoms. The van der Waals surface area contributed by atoms with E-state index in [0.29, 0.717) is 12.2 Å². The van der Waals surface area contributed by atoms with Gasteiger partial charge in [0, 0.05) is 28.9 Å². The monoisotopic (exact) mass is 439 g/mol. The molecular weight excluding hydrogens is 410 g/mol. The van der Waals surface area contributed by atoms with Gasteiger partial charge in [0.2, 0.25) is 5.91 Å². The van der Waals surface area contributed by atoms with Crippen LogP contribution in [0.3, 0.4) is 0 Å². The molecule has 6 nitrogen and oxygen atoms in total. The lowest BCUT2D eigenvalue weighted by molar-refractivity contribution is -0.124. The van der Waals surface area contributed by atoms with Crippen molar-refractivity contribution in [3.8, 4) is 11.1 Å². The minimum Gasteiger partial charge on any atom is -0.308 e. The lowest BCUT2D eigenvalue weighted by Gasteiger charge is -2.32. The minimum absolute atomic E-state index is 0.0602. The fourth-order valence-electron chi connectivity index (χ4n) is 4.30. The van der Waals surface area contributed by atoms with Crippen molar-refractivity contribution in [1.29, 1.82) is 0 Å². The molecule has 2 aromatic heterocycles. The summed E-state index contributed by atoms with van der Waals surface area (Å²) in [6.07, 6.45) is 4.97. The van der Waals surface area contributed by atoms with Gasteiger partial charge in [-0.1, -0.05) is 69.7 Å². The van der Waals surface area contributed by atoms with Crippen molar-refractivity contribution in [2.75, 3.05) is 4.90 Å². The zero-order valence-electron chi connectivity index (χ0n) is 19.4. The SMILES string of the molecule is CC(C)(C)c1ccc(N(Cc2cc(-c3ccccc3)cn3nnnc23)C(=O)C2CCC2)cc1. The van der Waals surface area contributed by atoms with Gasteiger partial charge in [-0.05, 0) is 58.0 Å². The van der Waals surface area contributed by atoms with Gasteiger partial charge in [-0.25, -0.2) is 0 Å². The van der Waals surface area contributed by atoms with E-state index >= 15 is 0 Å². The van der Waals surface area contributed by atoms with Gasteiger partial charge in [0.1, 0.15) is 0 Å². The molecule has 0 atom stereocenters. The number of rotatable bonds is 5. The van der Waals surface area contributed by atoms with Gasteiger partial charge in [-0.15, -0.1) is 5.10 Å². The van der Waals surface area contributed by atoms with Crippen LogP contribution in [0.15, 0.2) is 66.9 Å². The number of fused-ring (bicyclic) bond motifs is 1. The van der Waals surface area contributed by atoms with Crippen molar-refractivity contribution in [2.45, 2.75) is 52.0 Å². The Balaban J connectivity index is 1.55. The molecule has 0 spiro atoms. The van der Waals surface area contributed by atoms with Crippen LogP contribution in [0.4, 0.5) is 5.69 Å². The highest BCUT2D eigenvalue weighted by Gasteiger charge is 2.31. The molecule has 0 radical (unpaired) electrons. The van der Waals surface area contributed by atoms with E-state index in [1.165, 1.54) is 5.56 Å². The molecule has 1 fully saturated rings. The number of benzene rings is 2. The molecule has 6 heteroatoms. The molecule has 33 heavy (non-hydrogen) atoms. The largest absolute Gasteiger partial charge is 0.308 e. The number of hydrogen-bond donors (Lipinski definition) is 0. The predicted octanol–water partition coefficient (Wildman–Crippen LogP) is 5.42. The summed E-state index contributed by atoms with van der Waals surface area (Å²) in [5.41, 5.74) is 5.92. The fraction of sp³-hybridized carbons (Fsp3) is 0.333. The van der Waals surface area contributed by atoms with Gasteiger partial charge >= 0.3 is 0 Å². The van der Waals surface area contributed by atoms with Crippen LogP contribution in [0.1, 0.15) is 51.2 Å². The van der Waals surface area contributed by atoms with Gasteiger partial charge in [-0.2, -0.15) is 4.52 Å². The molecule has 0 unspecified atom stereocenters. The maximum atomic E-state index is 13.5. The first-order valence-electron chi connectivity index (χ1n) is 11.6. The Morgan fingerprint density at radius 1 is 1.03 bits per heavy atom. The third-order valence-corrected chi connectivity index (χ3v) is 6.57. The number of aromatic nitrogens is 4. The zero-order valence-corrected chi connectivity index (χ0v) is 19.4. The number of carbonyl (C=O) groups is 1. The standard InChI is InChI=1S/C27H29N5O/c1-27(2,3)23-12-14-24(15-13-23)31(26(33)20-10-7-11-20)17-22-16-21(19-8-5-4-6-9-19)18-32-25(22)28-29-30-32/h4-6,8-9,12-16,18,20H,7,10-11,17H2,1-3H3. The molecule has 1 amide bonds. The average molecular weight is 440 g/mol. The maximum Gasteiger partial charge on any atom is 0.230 e. The Kier molecular flexibility index (Phi) is 5.44. The summed E-state index contributed by atoms with van der Waals surface area (Å²) >= 11 is 0. The lowest BCUT2D eigenvalue weighted by Crippen LogP contribution is -2.38. The summed E-state index contributed by atoms with van der Waals surface area (Å²) in [5, 5.41) is 12.3. The van der Waals surface area contributed by atoms with E-state index in [2.05, 4.69) is 78.8 Å². The first kappa shape index (κ1) is 21.3. The van der Waals surface area contributed by atoms with E-state index < -0.39 is 0 Å². The minimum atomic E-state index is 0.0602. The van der Waals surface area contributed by atoms with Crippen molar-refractivity contribution in [3.63, 3.8) is 0 Å². The smallest absolute Gasteiger partial charge is 0.230 e. The van der Waals surface area contributed by atoms with Gasteiger partial charge < -0.3 is 4.90 Å². The molecule has 0 aliphatic heterocycles. The maximum absolute atomic E-state index is 13.5. The van der Waals surface area contributed by atoms with Gasteiger partial charge in [0.05, 0.1) is 6.54 Å². The van der Waals surface area contributed by atoms with Crippen LogP contribution in [-0.4, -0.2) is 25.9 Å². The molecule has 4 aromatic rings. The molecule has 2 aromatic carbocycles. The summed E-state index contributed by atoms with van der Waals surface area (Å²) < 4.78 is 1.70. The van der Waals surface area contributed by atoms with E-state index in [1.807, 2.05) is 29.3 Å². The predicted molar refractivity (Wildman–Crippen MR) is 130 cm³/mol. The summed E-state index contributed by atoms with van der Waals surface area (Å²) in [5.74, 6) is 0.275. The van der Waals surface area contributed by atoms with Gasteiger partial charge in [-0.3, -0.25) is 4.79 Å². The Morgan fingerprint density at radius 2 is 1.76 bits per heavy atom. The first-order chi connectivity index (χ1) is 15.9. The summed E-state index contributed by atoms with van der Waals surface area (Å²) in [4.78, 5) is 15.4. The highest BCUT2D eigenvalue weighted by molar-refractivity contribution is 5.95. The Labute approximate surface area is 194 Å². The van der Waals surface area contributed by atoms with Crippen molar-refractivity contribution < 1.29 is 4.79 Å². The Hall–Kier alpha value is -3.54. The highest BCUT2D eigenvalue weighted by Crippen LogP contribution is 2.33. The van der Waals surface area contributed by atoms with Crippen molar-refractivity contribution in [3.05, 3.63) is 78.0 Å². The van der Waals surface area contributed by atoms with Crippen LogP contribution in [0, 0.1) is 5.92 Å². The van der Waals surface area contributed by atoms with E-state index in [4.69, 9.17) is 0 Å². The normalized spacial score (nSPS) is 14.3. The van der Waals surface area contributed by atoms with Crippen molar-refractivity contribution in [1.82, 2.24) is 20.0 Å². The lowest BCUT2D eigenvalue weighted by atomic mass is 9.84. The molecule has 1 aliphatic carbocycles. The van der Waals surface area contributed by atoms with Crippen molar-refractivity contribution >= 4 is 17.2 Å². The van der Waals surface area contributed by atoms with Crippen LogP contribution in [-0.2, 0) is 16.8 Å². The van der Waals surface area contributed by atoms with Crippen LogP contribution in [0.25, 0.3) is 16.8 Å². The van der Waals surface area contributed by atoms with Crippen LogP contribution in [0.2, 0.25) is 0 Å². The molecule has 1 saturated carbocycles. The third kappa shape index (κ3) is 4.25. The third-order valence-electron chi connectivity index (χ3n) is 6.57. The number of hydrogen-bond acceptors (Lipinski definition) is 4. The van der Waals surface area contributed by atoms with E-state index in [-0.39, 0.29) is 17.2 Å². The zero-order chi connectivity index (χ0) is 23.0. The molecular formula is C27H29N5O. The second-order valence-electron chi connectivity index (χ2n) is 9.92. The van der Waals surface area contributed by atoms with Crippen LogP contribution in [0.5, 0.6) is 0 Å². The number of carbonyl (C=O) groups excluding carboxylic acids is 1. The fourth-order valence-corrected chi connectivity index (χ4v) is 4.30. The molecule has 2 heterocycles. The summed E-state index contributed by atoms with van der Waals surface area (Å²) in [6.45, 7) is 7.02. The average Bonchev–Trinajstić information content (AvgIpc) is 3.25. The molecule has 168 valence electrons. The number of tetrazole rings is 1. The van der Waals surface area contributed by atoms with E-state index in [9.17, 15) is 4.79 Å². The van der Waals surface area contributed by atoms with Gasteiger partial charge in [0.15, 0.2) is 5.65 Å². The molecule has 5 rings (SSSR count). The van der Waals surface area contributed by atoms with Crippen molar-refractivity contribution in [2.24, 2.45) is 5.92 Å². The molecule has 0 saturated heterocycles. The topological polar surface area (TPSA) is 63.4 Å². The molecule has 0 N–H and O–H groups in total. The van der Waals surface area contributed by atoms with Crippen LogP contribution >= 0.6 is 0 Å². The highest BCUT2D eigenvalue weighted by atomic mass is 16.2. The Bertz CT molecular complexity index is 1270. The second-order valence-corrected chi connectivity index (χ2v) is 9.92. The Morgan fingerprint density at radius 3 is 2.39 bits per heavy atom. The number of anilines is 1. The summed E-state index contributed by atoms with van der Waals surface area (Å²) in [6, 6.07) is 20.7. The van der Waals surface area contributed by atoms with Crippen LogP contribution < -0.4 is 4.90 Å². The van der Waals surface area contributed by atoms with E-state index in [0.717, 1.165) is 41.6 Å².